The fraction of sp³-hybridized carbons (Fsp3) is 0.500. The molecule has 0 spiro atoms. The molecule has 1 saturated carbocycles. The highest BCUT2D eigenvalue weighted by Crippen LogP contribution is 2.35. The Bertz CT molecular complexity index is 589. The second kappa shape index (κ2) is 4.65. The number of fused-ring (bicyclic) bond motifs is 1. The van der Waals surface area contributed by atoms with Crippen LogP contribution in [-0.4, -0.2) is 29.3 Å². The lowest BCUT2D eigenvalue weighted by Crippen LogP contribution is -2.39. The van der Waals surface area contributed by atoms with E-state index in [1.807, 2.05) is 24.7 Å². The van der Waals surface area contributed by atoms with E-state index in [4.69, 9.17) is 5.73 Å². The molecule has 1 heterocycles. The minimum Gasteiger partial charge on any atom is -0.395 e. The number of thiazole rings is 1. The summed E-state index contributed by atoms with van der Waals surface area (Å²) in [6.07, 6.45) is 4.00. The van der Waals surface area contributed by atoms with Crippen molar-refractivity contribution in [2.24, 2.45) is 0 Å². The van der Waals surface area contributed by atoms with Gasteiger partial charge in [0.2, 0.25) is 0 Å². The minimum absolute atomic E-state index is 0.557. The van der Waals surface area contributed by atoms with Gasteiger partial charge in [-0.15, -0.1) is 11.3 Å². The lowest BCUT2D eigenvalue weighted by Gasteiger charge is -2.30. The molecule has 0 amide bonds. The number of aliphatic hydroxyl groups is 1. The number of nitrogens with zero attached hydrogens (tertiary/aromatic N) is 2. The van der Waals surface area contributed by atoms with E-state index in [1.54, 1.807) is 11.3 Å². The van der Waals surface area contributed by atoms with Gasteiger partial charge in [0.15, 0.2) is 0 Å². The minimum atomic E-state index is -0.557. The molecule has 0 aliphatic heterocycles. The van der Waals surface area contributed by atoms with Crippen LogP contribution in [0.4, 0.5) is 11.4 Å². The van der Waals surface area contributed by atoms with Gasteiger partial charge in [0.05, 0.1) is 27.2 Å². The molecular weight excluding hydrogens is 258 g/mol. The first-order valence-corrected chi connectivity index (χ1v) is 7.52. The number of nitrogens with two attached hydrogens (primary N) is 1. The van der Waals surface area contributed by atoms with E-state index in [2.05, 4.69) is 9.88 Å². The van der Waals surface area contributed by atoms with E-state index in [-0.39, 0.29) is 0 Å². The number of rotatable bonds is 3. The highest BCUT2D eigenvalue weighted by atomic mass is 32.1. The highest BCUT2D eigenvalue weighted by molar-refractivity contribution is 7.16. The van der Waals surface area contributed by atoms with Crippen LogP contribution in [0.5, 0.6) is 0 Å². The standard InChI is InChI=1S/C14H19N3OS/c1-17(8-14(18)6-2-3-7-14)10-4-5-11-13(12(10)15)16-9-19-11/h4-5,9,18H,2-3,6-8,15H2,1H3. The maximum absolute atomic E-state index is 10.5. The Labute approximate surface area is 116 Å². The number of nitrogen functional groups attached to an aromatic ring is 1. The predicted octanol–water partition coefficient (Wildman–Crippen LogP) is 2.62. The quantitative estimate of drug-likeness (QED) is 0.847. The molecule has 5 heteroatoms. The van der Waals surface area contributed by atoms with Crippen molar-refractivity contribution in [3.05, 3.63) is 17.6 Å². The molecule has 0 saturated heterocycles. The summed E-state index contributed by atoms with van der Waals surface area (Å²) in [5.74, 6) is 0. The highest BCUT2D eigenvalue weighted by Gasteiger charge is 2.32. The first-order chi connectivity index (χ1) is 9.09. The van der Waals surface area contributed by atoms with Gasteiger partial charge < -0.3 is 15.7 Å². The molecule has 0 atom stereocenters. The van der Waals surface area contributed by atoms with E-state index in [0.29, 0.717) is 12.2 Å². The molecule has 1 aliphatic carbocycles. The van der Waals surface area contributed by atoms with Gasteiger partial charge >= 0.3 is 0 Å². The van der Waals surface area contributed by atoms with Crippen LogP contribution in [0.3, 0.4) is 0 Å². The third-order valence-corrected chi connectivity index (χ3v) is 4.79. The Hall–Kier alpha value is -1.33. The van der Waals surface area contributed by atoms with E-state index in [9.17, 15) is 5.11 Å². The molecule has 2 aromatic rings. The number of likely N-dealkylation sites (N-methyl/N-ethyl adjacent to an activating group) is 1. The first-order valence-electron chi connectivity index (χ1n) is 6.64. The van der Waals surface area contributed by atoms with Gasteiger partial charge in [-0.05, 0) is 25.0 Å². The zero-order chi connectivity index (χ0) is 13.5. The number of anilines is 2. The van der Waals surface area contributed by atoms with Gasteiger partial charge in [0.25, 0.3) is 0 Å². The summed E-state index contributed by atoms with van der Waals surface area (Å²) in [5.41, 5.74) is 10.00. The lowest BCUT2D eigenvalue weighted by atomic mass is 10.0. The SMILES string of the molecule is CN(CC1(O)CCCC1)c1ccc2scnc2c1N. The van der Waals surface area contributed by atoms with Crippen molar-refractivity contribution >= 4 is 32.9 Å². The van der Waals surface area contributed by atoms with Crippen LogP contribution in [0.2, 0.25) is 0 Å². The smallest absolute Gasteiger partial charge is 0.106 e. The number of benzene rings is 1. The van der Waals surface area contributed by atoms with Crippen molar-refractivity contribution in [1.29, 1.82) is 0 Å². The fourth-order valence-corrected chi connectivity index (χ4v) is 3.68. The van der Waals surface area contributed by atoms with Crippen LogP contribution in [0.25, 0.3) is 10.2 Å². The van der Waals surface area contributed by atoms with Crippen LogP contribution >= 0.6 is 11.3 Å². The molecule has 0 radical (unpaired) electrons. The monoisotopic (exact) mass is 277 g/mol. The van der Waals surface area contributed by atoms with Crippen LogP contribution in [0.15, 0.2) is 17.6 Å². The molecule has 0 unspecified atom stereocenters. The van der Waals surface area contributed by atoms with Gasteiger partial charge in [-0.2, -0.15) is 0 Å². The summed E-state index contributed by atoms with van der Waals surface area (Å²) >= 11 is 1.60. The van der Waals surface area contributed by atoms with Crippen LogP contribution in [0.1, 0.15) is 25.7 Å². The van der Waals surface area contributed by atoms with Gasteiger partial charge in [0, 0.05) is 13.6 Å². The van der Waals surface area contributed by atoms with Gasteiger partial charge in [-0.1, -0.05) is 12.8 Å². The van der Waals surface area contributed by atoms with E-state index in [1.165, 1.54) is 0 Å². The molecule has 102 valence electrons. The van der Waals surface area contributed by atoms with Gasteiger partial charge in [0.1, 0.15) is 5.52 Å². The molecule has 1 aromatic carbocycles. The molecule has 3 N–H and O–H groups in total. The average Bonchev–Trinajstić information content (AvgIpc) is 2.98. The molecule has 1 aromatic heterocycles. The first kappa shape index (κ1) is 12.7. The average molecular weight is 277 g/mol. The largest absolute Gasteiger partial charge is 0.395 e. The normalized spacial score (nSPS) is 18.0. The van der Waals surface area contributed by atoms with Gasteiger partial charge in [-0.25, -0.2) is 4.98 Å². The van der Waals surface area contributed by atoms with Crippen molar-refractivity contribution in [2.45, 2.75) is 31.3 Å². The molecule has 19 heavy (non-hydrogen) atoms. The Balaban J connectivity index is 1.88. The third-order valence-electron chi connectivity index (χ3n) is 4.00. The van der Waals surface area contributed by atoms with E-state index < -0.39 is 5.60 Å². The van der Waals surface area contributed by atoms with Crippen LogP contribution in [-0.2, 0) is 0 Å². The zero-order valence-electron chi connectivity index (χ0n) is 11.1. The summed E-state index contributed by atoms with van der Waals surface area (Å²) in [4.78, 5) is 6.37. The Morgan fingerprint density at radius 3 is 2.89 bits per heavy atom. The molecule has 4 nitrogen and oxygen atoms in total. The van der Waals surface area contributed by atoms with Crippen molar-refractivity contribution in [1.82, 2.24) is 4.98 Å². The number of aromatic nitrogens is 1. The Kier molecular flexibility index (Phi) is 3.11. The maximum Gasteiger partial charge on any atom is 0.106 e. The van der Waals surface area contributed by atoms with E-state index in [0.717, 1.165) is 41.6 Å². The molecule has 3 rings (SSSR count). The fourth-order valence-electron chi connectivity index (χ4n) is 2.99. The second-order valence-electron chi connectivity index (χ2n) is 5.48. The summed E-state index contributed by atoms with van der Waals surface area (Å²) < 4.78 is 1.11. The summed E-state index contributed by atoms with van der Waals surface area (Å²) in [5, 5.41) is 10.5. The van der Waals surface area contributed by atoms with Crippen molar-refractivity contribution in [3.63, 3.8) is 0 Å². The second-order valence-corrected chi connectivity index (χ2v) is 6.37. The summed E-state index contributed by atoms with van der Waals surface area (Å²) in [6, 6.07) is 4.07. The molecule has 1 aliphatic rings. The maximum atomic E-state index is 10.5. The van der Waals surface area contributed by atoms with Crippen molar-refractivity contribution < 1.29 is 5.11 Å². The molecule has 1 fully saturated rings. The third kappa shape index (κ3) is 2.28. The van der Waals surface area contributed by atoms with Crippen LogP contribution < -0.4 is 10.6 Å². The number of hydrogen-bond donors (Lipinski definition) is 2. The molecule has 0 bridgehead atoms. The van der Waals surface area contributed by atoms with Crippen LogP contribution in [0, 0.1) is 0 Å². The Morgan fingerprint density at radius 1 is 1.42 bits per heavy atom. The van der Waals surface area contributed by atoms with E-state index >= 15 is 0 Å². The summed E-state index contributed by atoms with van der Waals surface area (Å²) in [7, 11) is 1.99. The van der Waals surface area contributed by atoms with Crippen molar-refractivity contribution in [3.8, 4) is 0 Å². The van der Waals surface area contributed by atoms with Crippen molar-refractivity contribution in [2.75, 3.05) is 24.2 Å². The Morgan fingerprint density at radius 2 is 2.16 bits per heavy atom. The lowest BCUT2D eigenvalue weighted by molar-refractivity contribution is 0.0559. The molecular formula is C14H19N3OS. The van der Waals surface area contributed by atoms with Gasteiger partial charge in [-0.3, -0.25) is 0 Å². The predicted molar refractivity (Wildman–Crippen MR) is 80.7 cm³/mol. The topological polar surface area (TPSA) is 62.4 Å². The zero-order valence-corrected chi connectivity index (χ0v) is 11.9. The summed E-state index contributed by atoms with van der Waals surface area (Å²) in [6.45, 7) is 0.632. The number of hydrogen-bond acceptors (Lipinski definition) is 5.